The Morgan fingerprint density at radius 2 is 2.05 bits per heavy atom. The molecule has 116 valence electrons. The summed E-state index contributed by atoms with van der Waals surface area (Å²) in [5, 5.41) is 19.9. The monoisotopic (exact) mass is 317 g/mol. The van der Waals surface area contributed by atoms with Gasteiger partial charge in [0.2, 0.25) is 8.03 Å². The van der Waals surface area contributed by atoms with Crippen LogP contribution in [0.3, 0.4) is 0 Å². The fraction of sp³-hybridized carbons (Fsp3) is 0.417. The highest BCUT2D eigenvalue weighted by atomic mass is 31.1. The lowest BCUT2D eigenvalue weighted by atomic mass is 10.2. The van der Waals surface area contributed by atoms with Crippen molar-refractivity contribution in [3.05, 3.63) is 33.9 Å². The topological polar surface area (TPSA) is 107 Å². The molecule has 1 rings (SSSR count). The number of carboxylic acids is 1. The molecule has 0 aliphatic rings. The molecule has 1 unspecified atom stereocenters. The first-order valence-corrected chi connectivity index (χ1v) is 7.43. The van der Waals surface area contributed by atoms with Crippen molar-refractivity contribution in [3.8, 4) is 0 Å². The lowest BCUT2D eigenvalue weighted by Gasteiger charge is -2.23. The van der Waals surface area contributed by atoms with Crippen molar-refractivity contribution in [1.82, 2.24) is 0 Å². The Hall–Kier alpha value is -1.76. The Bertz CT molecular complexity index is 582. The van der Waals surface area contributed by atoms with Gasteiger partial charge in [0, 0.05) is 11.4 Å². The number of nitro benzene ring substituents is 1. The highest BCUT2D eigenvalue weighted by molar-refractivity contribution is 7.48. The molecular formula is C12H18N2O6P+. The third kappa shape index (κ3) is 5.26. The van der Waals surface area contributed by atoms with Crippen LogP contribution in [0.25, 0.3) is 0 Å². The first kappa shape index (κ1) is 17.3. The van der Waals surface area contributed by atoms with Gasteiger partial charge in [-0.15, -0.1) is 0 Å². The third-order valence-electron chi connectivity index (χ3n) is 2.65. The van der Waals surface area contributed by atoms with Gasteiger partial charge >= 0.3 is 5.97 Å². The van der Waals surface area contributed by atoms with E-state index in [2.05, 4.69) is 0 Å². The van der Waals surface area contributed by atoms with Crippen LogP contribution < -0.4 is 5.30 Å². The van der Waals surface area contributed by atoms with Crippen molar-refractivity contribution in [3.63, 3.8) is 0 Å². The van der Waals surface area contributed by atoms with E-state index >= 15 is 0 Å². The zero-order valence-corrected chi connectivity index (χ0v) is 13.0. The summed E-state index contributed by atoms with van der Waals surface area (Å²) in [7, 11) is 3.23. The third-order valence-corrected chi connectivity index (χ3v) is 3.90. The minimum atomic E-state index is -2.63. The van der Waals surface area contributed by atoms with Crippen LogP contribution in [0.15, 0.2) is 18.2 Å². The average Bonchev–Trinajstić information content (AvgIpc) is 2.36. The highest BCUT2D eigenvalue weighted by Crippen LogP contribution is 2.25. The largest absolute Gasteiger partial charge is 0.477 e. The molecule has 0 heterocycles. The second-order valence-electron chi connectivity index (χ2n) is 5.44. The van der Waals surface area contributed by atoms with Crippen LogP contribution in [-0.2, 0) is 9.09 Å². The average molecular weight is 317 g/mol. The lowest BCUT2D eigenvalue weighted by molar-refractivity contribution is -0.870. The Labute approximate surface area is 122 Å². The molecular weight excluding hydrogens is 299 g/mol. The molecule has 0 aliphatic carbocycles. The standard InChI is InChI=1S/C12H17N2O6P/c1-14(2,3)6-7-20-21(19)9-4-5-11(13(17)18)10(8-9)12(15)16/h4-5,8,21H,6-7H2,1-3H3/p+1. The van der Waals surface area contributed by atoms with Gasteiger partial charge in [0.15, 0.2) is 0 Å². The zero-order chi connectivity index (χ0) is 16.2. The summed E-state index contributed by atoms with van der Waals surface area (Å²) in [4.78, 5) is 20.9. The molecule has 1 aromatic carbocycles. The molecule has 0 fully saturated rings. The van der Waals surface area contributed by atoms with Gasteiger partial charge in [0.1, 0.15) is 18.7 Å². The Morgan fingerprint density at radius 3 is 2.52 bits per heavy atom. The maximum Gasteiger partial charge on any atom is 0.342 e. The van der Waals surface area contributed by atoms with Crippen molar-refractivity contribution >= 4 is 25.0 Å². The second kappa shape index (κ2) is 6.80. The Kier molecular flexibility index (Phi) is 5.60. The van der Waals surface area contributed by atoms with Crippen molar-refractivity contribution in [2.75, 3.05) is 34.3 Å². The van der Waals surface area contributed by atoms with E-state index < -0.39 is 30.2 Å². The van der Waals surface area contributed by atoms with Crippen LogP contribution in [0, 0.1) is 10.1 Å². The first-order chi connectivity index (χ1) is 9.61. The molecule has 0 aliphatic heterocycles. The fourth-order valence-electron chi connectivity index (χ4n) is 1.49. The molecule has 21 heavy (non-hydrogen) atoms. The first-order valence-electron chi connectivity index (χ1n) is 6.11. The van der Waals surface area contributed by atoms with E-state index in [4.69, 9.17) is 9.63 Å². The van der Waals surface area contributed by atoms with Crippen LogP contribution in [0.5, 0.6) is 0 Å². The molecule has 0 bridgehead atoms. The molecule has 8 nitrogen and oxygen atoms in total. The summed E-state index contributed by atoms with van der Waals surface area (Å²) in [6.07, 6.45) is 0. The molecule has 0 saturated carbocycles. The molecule has 0 amide bonds. The normalized spacial score (nSPS) is 12.9. The summed E-state index contributed by atoms with van der Waals surface area (Å²) in [6.45, 7) is 0.885. The van der Waals surface area contributed by atoms with E-state index in [1.54, 1.807) is 0 Å². The van der Waals surface area contributed by atoms with E-state index in [0.29, 0.717) is 11.0 Å². The number of hydrogen-bond donors (Lipinski definition) is 1. The SMILES string of the molecule is C[N+](C)(C)CCO[PH](=O)c1ccc([N+](=O)[O-])c(C(=O)O)c1. The van der Waals surface area contributed by atoms with Gasteiger partial charge in [0.25, 0.3) is 5.69 Å². The number of hydrogen-bond acceptors (Lipinski definition) is 5. The van der Waals surface area contributed by atoms with Gasteiger partial charge in [-0.05, 0) is 12.1 Å². The van der Waals surface area contributed by atoms with Gasteiger partial charge in [0.05, 0.1) is 26.1 Å². The van der Waals surface area contributed by atoms with Crippen LogP contribution in [0.4, 0.5) is 5.69 Å². The molecule has 0 spiro atoms. The minimum absolute atomic E-state index is 0.157. The molecule has 0 saturated heterocycles. The Balaban J connectivity index is 2.89. The number of carbonyl (C=O) groups is 1. The van der Waals surface area contributed by atoms with Crippen molar-refractivity contribution < 1.29 is 28.4 Å². The number of rotatable bonds is 7. The lowest BCUT2D eigenvalue weighted by Crippen LogP contribution is -2.37. The van der Waals surface area contributed by atoms with E-state index in [9.17, 15) is 19.5 Å². The molecule has 9 heteroatoms. The molecule has 1 atom stereocenters. The number of nitrogens with zero attached hydrogens (tertiary/aromatic N) is 2. The summed E-state index contributed by atoms with van der Waals surface area (Å²) >= 11 is 0. The smallest absolute Gasteiger partial charge is 0.342 e. The Morgan fingerprint density at radius 1 is 1.43 bits per heavy atom. The number of aromatic carboxylic acids is 1. The number of quaternary nitrogens is 1. The number of carboxylic acid groups (broad SMARTS) is 1. The number of nitro groups is 1. The van der Waals surface area contributed by atoms with Gasteiger partial charge < -0.3 is 14.1 Å². The minimum Gasteiger partial charge on any atom is -0.477 e. The summed E-state index contributed by atoms with van der Waals surface area (Å²) < 4.78 is 17.8. The predicted molar refractivity (Wildman–Crippen MR) is 77.5 cm³/mol. The van der Waals surface area contributed by atoms with Crippen molar-refractivity contribution in [1.29, 1.82) is 0 Å². The predicted octanol–water partition coefficient (Wildman–Crippen LogP) is 1.12. The maximum absolute atomic E-state index is 12.0. The van der Waals surface area contributed by atoms with E-state index in [-0.39, 0.29) is 11.9 Å². The van der Waals surface area contributed by atoms with E-state index in [0.717, 1.165) is 12.1 Å². The van der Waals surface area contributed by atoms with E-state index in [1.807, 2.05) is 21.1 Å². The fourth-order valence-corrected chi connectivity index (χ4v) is 2.41. The van der Waals surface area contributed by atoms with E-state index in [1.165, 1.54) is 6.07 Å². The van der Waals surface area contributed by atoms with Gasteiger partial charge in [-0.25, -0.2) is 4.79 Å². The van der Waals surface area contributed by atoms with Crippen molar-refractivity contribution in [2.45, 2.75) is 0 Å². The highest BCUT2D eigenvalue weighted by Gasteiger charge is 2.21. The molecule has 0 aromatic heterocycles. The van der Waals surface area contributed by atoms with Gasteiger partial charge in [-0.3, -0.25) is 14.7 Å². The van der Waals surface area contributed by atoms with Crippen LogP contribution in [0.1, 0.15) is 10.4 Å². The van der Waals surface area contributed by atoms with Gasteiger partial charge in [-0.1, -0.05) is 0 Å². The zero-order valence-electron chi connectivity index (χ0n) is 12.0. The summed E-state index contributed by atoms with van der Waals surface area (Å²) in [5.41, 5.74) is -1.03. The van der Waals surface area contributed by atoms with Crippen molar-refractivity contribution in [2.24, 2.45) is 0 Å². The molecule has 0 radical (unpaired) electrons. The molecule has 1 aromatic rings. The number of likely N-dealkylation sites (N-methyl/N-ethyl adjacent to an activating group) is 1. The maximum atomic E-state index is 12.0. The van der Waals surface area contributed by atoms with Gasteiger partial charge in [-0.2, -0.15) is 0 Å². The quantitative estimate of drug-likeness (QED) is 0.349. The summed E-state index contributed by atoms with van der Waals surface area (Å²) in [6, 6.07) is 3.33. The number of benzene rings is 1. The van der Waals surface area contributed by atoms with Crippen LogP contribution >= 0.6 is 8.03 Å². The van der Waals surface area contributed by atoms with Crippen LogP contribution in [-0.4, -0.2) is 54.8 Å². The second-order valence-corrected chi connectivity index (χ2v) is 6.88. The summed E-state index contributed by atoms with van der Waals surface area (Å²) in [5.74, 6) is -1.44. The van der Waals surface area contributed by atoms with Crippen LogP contribution in [0.2, 0.25) is 0 Å². The molecule has 1 N–H and O–H groups in total.